The molecular weight excluding hydrogens is 88.1 g/mol. The lowest BCUT2D eigenvalue weighted by atomic mass is 10.3. The summed E-state index contributed by atoms with van der Waals surface area (Å²) in [5, 5.41) is 0. The van der Waals surface area contributed by atoms with Crippen molar-refractivity contribution in [1.82, 2.24) is 0 Å². The molecule has 0 amide bonds. The summed E-state index contributed by atoms with van der Waals surface area (Å²) in [6.45, 7) is 5.85. The fourth-order valence-electron chi connectivity index (χ4n) is 0.427. The molecule has 0 unspecified atom stereocenters. The normalized spacial score (nSPS) is 8.83. The van der Waals surface area contributed by atoms with Crippen LogP contribution in [-0.2, 0) is 0 Å². The van der Waals surface area contributed by atoms with Crippen molar-refractivity contribution in [2.45, 2.75) is 19.4 Å². The average Bonchev–Trinajstić information content (AvgIpc) is 1.35. The quantitative estimate of drug-likeness (QED) is 0.354. The zero-order valence-corrected chi connectivity index (χ0v) is 6.62. The first-order chi connectivity index (χ1) is 2.77. The average molecular weight is 100 g/mol. The Kier molecular flexibility index (Phi) is 3.14. The Morgan fingerprint density at radius 1 is 1.83 bits per heavy atom. The summed E-state index contributed by atoms with van der Waals surface area (Å²) in [6.07, 6.45) is 1.24. The van der Waals surface area contributed by atoms with Crippen LogP contribution in [0, 0.1) is 0 Å². The van der Waals surface area contributed by atoms with E-state index in [0.29, 0.717) is 0 Å². The second-order valence-electron chi connectivity index (χ2n) is 1.71. The van der Waals surface area contributed by atoms with Crippen molar-refractivity contribution in [1.29, 1.82) is 0 Å². The molecule has 0 aromatic heterocycles. The van der Waals surface area contributed by atoms with Gasteiger partial charge in [-0.1, -0.05) is 11.6 Å². The lowest BCUT2D eigenvalue weighted by molar-refractivity contribution is 1.10. The molecule has 0 atom stereocenters. The van der Waals surface area contributed by atoms with Gasteiger partial charge in [-0.3, -0.25) is 0 Å². The van der Waals surface area contributed by atoms with E-state index in [9.17, 15) is 0 Å². The molecule has 0 nitrogen and oxygen atoms in total. The Morgan fingerprint density at radius 3 is 2.33 bits per heavy atom. The highest BCUT2D eigenvalue weighted by Gasteiger charge is 1.76. The molecule has 0 saturated carbocycles. The van der Waals surface area contributed by atoms with E-state index >= 15 is 0 Å². The van der Waals surface area contributed by atoms with Crippen LogP contribution in [0.1, 0.15) is 13.3 Å². The largest absolute Gasteiger partial charge is 0.100 e. The Labute approximate surface area is 42.7 Å². The zero-order chi connectivity index (χ0) is 4.99. The van der Waals surface area contributed by atoms with E-state index in [1.54, 1.807) is 0 Å². The van der Waals surface area contributed by atoms with E-state index in [1.165, 1.54) is 28.3 Å². The Bertz CT molecular complexity index is 47.9. The lowest BCUT2D eigenvalue weighted by Crippen LogP contribution is -1.69. The first kappa shape index (κ1) is 5.96. The molecule has 0 aromatic rings. The van der Waals surface area contributed by atoms with Crippen molar-refractivity contribution in [2.75, 3.05) is 0 Å². The van der Waals surface area contributed by atoms with Gasteiger partial charge in [-0.25, -0.2) is 0 Å². The summed E-state index contributed by atoms with van der Waals surface area (Å²) in [4.78, 5) is 0. The van der Waals surface area contributed by atoms with Crippen molar-refractivity contribution in [2.24, 2.45) is 0 Å². The SMILES string of the molecule is C=C(C)CC[SiH3]. The molecule has 0 spiro atoms. The molecule has 36 valence electrons. The third kappa shape index (κ3) is 3.96. The van der Waals surface area contributed by atoms with Crippen LogP contribution in [0.4, 0.5) is 0 Å². The van der Waals surface area contributed by atoms with E-state index < -0.39 is 0 Å². The number of hydrogen-bond acceptors (Lipinski definition) is 0. The van der Waals surface area contributed by atoms with Gasteiger partial charge in [-0.05, 0) is 13.3 Å². The molecule has 0 saturated heterocycles. The molecule has 0 N–H and O–H groups in total. The highest BCUT2D eigenvalue weighted by molar-refractivity contribution is 6.08. The van der Waals surface area contributed by atoms with Gasteiger partial charge in [0.25, 0.3) is 0 Å². The van der Waals surface area contributed by atoms with Gasteiger partial charge in [0.2, 0.25) is 0 Å². The molecule has 0 bridgehead atoms. The Morgan fingerprint density at radius 2 is 2.33 bits per heavy atom. The molecule has 0 aliphatic carbocycles. The van der Waals surface area contributed by atoms with Crippen LogP contribution in [0.15, 0.2) is 12.2 Å². The maximum Gasteiger partial charge on any atom is 0.00320 e. The second kappa shape index (κ2) is 3.16. The summed E-state index contributed by atoms with van der Waals surface area (Å²) < 4.78 is 0. The maximum atomic E-state index is 3.77. The van der Waals surface area contributed by atoms with Crippen LogP contribution in [0.5, 0.6) is 0 Å². The summed E-state index contributed by atoms with van der Waals surface area (Å²) in [5.74, 6) is 0. The van der Waals surface area contributed by atoms with Gasteiger partial charge in [-0.15, -0.1) is 6.58 Å². The van der Waals surface area contributed by atoms with Crippen LogP contribution in [-0.4, -0.2) is 10.2 Å². The van der Waals surface area contributed by atoms with Crippen molar-refractivity contribution in [3.05, 3.63) is 12.2 Å². The van der Waals surface area contributed by atoms with Gasteiger partial charge in [0, 0.05) is 10.2 Å². The summed E-state index contributed by atoms with van der Waals surface area (Å²) in [6, 6.07) is 1.37. The van der Waals surface area contributed by atoms with Crippen molar-refractivity contribution < 1.29 is 0 Å². The van der Waals surface area contributed by atoms with Crippen LogP contribution in [0.2, 0.25) is 6.04 Å². The molecule has 0 aliphatic rings. The van der Waals surface area contributed by atoms with Gasteiger partial charge in [-0.2, -0.15) is 0 Å². The molecule has 1 heteroatoms. The van der Waals surface area contributed by atoms with E-state index in [2.05, 4.69) is 13.5 Å². The predicted molar refractivity (Wildman–Crippen MR) is 34.2 cm³/mol. The zero-order valence-electron chi connectivity index (χ0n) is 4.62. The number of hydrogen-bond donors (Lipinski definition) is 0. The number of allylic oxidation sites excluding steroid dienone is 1. The Hall–Kier alpha value is -0.0431. The molecule has 0 aromatic carbocycles. The van der Waals surface area contributed by atoms with Gasteiger partial charge >= 0.3 is 0 Å². The van der Waals surface area contributed by atoms with Crippen molar-refractivity contribution in [3.63, 3.8) is 0 Å². The molecule has 0 radical (unpaired) electrons. The predicted octanol–water partition coefficient (Wildman–Crippen LogP) is 0.736. The first-order valence-corrected chi connectivity index (χ1v) is 3.83. The lowest BCUT2D eigenvalue weighted by Gasteiger charge is -1.87. The molecule has 0 fully saturated rings. The summed E-state index contributed by atoms with van der Waals surface area (Å²) in [7, 11) is 1.33. The molecule has 0 rings (SSSR count). The fraction of sp³-hybridized carbons (Fsp3) is 0.600. The van der Waals surface area contributed by atoms with Gasteiger partial charge in [0.05, 0.1) is 0 Å². The molecule has 0 aliphatic heterocycles. The van der Waals surface area contributed by atoms with Crippen LogP contribution in [0.25, 0.3) is 0 Å². The third-order valence-electron chi connectivity index (χ3n) is 0.677. The van der Waals surface area contributed by atoms with E-state index in [1.807, 2.05) is 0 Å². The van der Waals surface area contributed by atoms with Crippen LogP contribution in [0.3, 0.4) is 0 Å². The number of rotatable bonds is 2. The Balaban J connectivity index is 2.83. The molecular formula is C5H12Si. The van der Waals surface area contributed by atoms with E-state index in [0.717, 1.165) is 0 Å². The minimum atomic E-state index is 1.24. The van der Waals surface area contributed by atoms with Gasteiger partial charge < -0.3 is 0 Å². The topological polar surface area (TPSA) is 0 Å². The van der Waals surface area contributed by atoms with Crippen LogP contribution < -0.4 is 0 Å². The standard InChI is InChI=1S/C5H12Si/c1-5(2)3-4-6/h1,3-4H2,2,6H3. The molecule has 0 heterocycles. The third-order valence-corrected chi connectivity index (χ3v) is 1.18. The van der Waals surface area contributed by atoms with Crippen LogP contribution >= 0.6 is 0 Å². The summed E-state index contributed by atoms with van der Waals surface area (Å²) >= 11 is 0. The van der Waals surface area contributed by atoms with E-state index in [4.69, 9.17) is 0 Å². The summed E-state index contributed by atoms with van der Waals surface area (Å²) in [5.41, 5.74) is 1.32. The minimum Gasteiger partial charge on any atom is -0.100 e. The monoisotopic (exact) mass is 100 g/mol. The fourth-order valence-corrected chi connectivity index (χ4v) is 1.28. The highest BCUT2D eigenvalue weighted by atomic mass is 28.1. The van der Waals surface area contributed by atoms with Gasteiger partial charge in [0.1, 0.15) is 0 Å². The first-order valence-electron chi connectivity index (χ1n) is 2.41. The maximum absolute atomic E-state index is 3.77. The smallest absolute Gasteiger partial charge is 0.00320 e. The minimum absolute atomic E-state index is 1.24. The van der Waals surface area contributed by atoms with E-state index in [-0.39, 0.29) is 0 Å². The van der Waals surface area contributed by atoms with Crippen molar-refractivity contribution >= 4 is 10.2 Å². The van der Waals surface area contributed by atoms with Gasteiger partial charge in [0.15, 0.2) is 0 Å². The van der Waals surface area contributed by atoms with Crippen molar-refractivity contribution in [3.8, 4) is 0 Å². The molecule has 6 heavy (non-hydrogen) atoms. The second-order valence-corrected chi connectivity index (χ2v) is 2.71. The highest BCUT2D eigenvalue weighted by Crippen LogP contribution is 1.95.